The highest BCUT2D eigenvalue weighted by molar-refractivity contribution is 5.64. The molecule has 27 heavy (non-hydrogen) atoms. The number of nitrogens with zero attached hydrogens (tertiary/aromatic N) is 3. The molecule has 0 atom stereocenters. The first-order chi connectivity index (χ1) is 12.7. The molecule has 0 spiro atoms. The fraction of sp³-hybridized carbons (Fsp3) is 0.600. The number of non-ortho nitro benzene ring substituents is 1. The third-order valence-corrected chi connectivity index (χ3v) is 4.22. The van der Waals surface area contributed by atoms with Gasteiger partial charge in [0.05, 0.1) is 33.5 Å². The van der Waals surface area contributed by atoms with E-state index in [2.05, 4.69) is 12.2 Å². The molecule has 0 aliphatic heterocycles. The Labute approximate surface area is 154 Å². The number of hydrogen-bond donors (Lipinski definition) is 3. The average molecular weight is 386 g/mol. The summed E-state index contributed by atoms with van der Waals surface area (Å²) in [6.07, 6.45) is 5.29. The first kappa shape index (κ1) is 22.2. The largest absolute Gasteiger partial charge is 0.497 e. The van der Waals surface area contributed by atoms with E-state index in [0.717, 1.165) is 12.5 Å². The lowest BCUT2D eigenvalue weighted by Crippen LogP contribution is -2.34. The van der Waals surface area contributed by atoms with Gasteiger partial charge in [0.15, 0.2) is 0 Å². The van der Waals surface area contributed by atoms with Crippen LogP contribution in [0.3, 0.4) is 0 Å². The fourth-order valence-corrected chi connectivity index (χ4v) is 2.71. The monoisotopic (exact) mass is 386 g/mol. The van der Waals surface area contributed by atoms with Crippen LogP contribution in [0.4, 0.5) is 17.1 Å². The van der Waals surface area contributed by atoms with E-state index >= 15 is 0 Å². The maximum absolute atomic E-state index is 10.4. The van der Waals surface area contributed by atoms with Crippen molar-refractivity contribution in [2.75, 3.05) is 13.2 Å². The smallest absolute Gasteiger partial charge is 0.324 e. The van der Waals surface area contributed by atoms with Crippen LogP contribution >= 0.6 is 0 Å². The number of benzene rings is 1. The van der Waals surface area contributed by atoms with Gasteiger partial charge >= 0.3 is 11.4 Å². The maximum atomic E-state index is 10.4. The fourth-order valence-electron chi connectivity index (χ4n) is 2.71. The highest BCUT2D eigenvalue weighted by Gasteiger charge is 2.30. The Kier molecular flexibility index (Phi) is 8.48. The van der Waals surface area contributed by atoms with Crippen LogP contribution in [0, 0.1) is 36.3 Å². The summed E-state index contributed by atoms with van der Waals surface area (Å²) in [6, 6.07) is 1.57. The predicted octanol–water partition coefficient (Wildman–Crippen LogP) is 2.26. The highest BCUT2D eigenvalue weighted by atomic mass is 16.6. The third kappa shape index (κ3) is 6.75. The van der Waals surface area contributed by atoms with Crippen LogP contribution in [0.25, 0.3) is 0 Å². The van der Waals surface area contributed by atoms with E-state index in [1.54, 1.807) is 0 Å². The van der Waals surface area contributed by atoms with Crippen LogP contribution in [-0.4, -0.2) is 44.2 Å². The molecular formula is C15H22N4O8. The Morgan fingerprint density at radius 3 is 1.85 bits per heavy atom. The van der Waals surface area contributed by atoms with Gasteiger partial charge in [-0.05, 0) is 31.6 Å². The number of nitro benzene ring substituents is 3. The third-order valence-electron chi connectivity index (χ3n) is 4.22. The Balaban J connectivity index is 0.000000289. The Morgan fingerprint density at radius 2 is 1.48 bits per heavy atom. The van der Waals surface area contributed by atoms with E-state index in [4.69, 9.17) is 10.2 Å². The van der Waals surface area contributed by atoms with Gasteiger partial charge in [-0.3, -0.25) is 30.3 Å². The minimum absolute atomic E-state index is 0.270. The van der Waals surface area contributed by atoms with E-state index in [0.29, 0.717) is 18.2 Å². The van der Waals surface area contributed by atoms with Crippen LogP contribution in [0.15, 0.2) is 12.1 Å². The Bertz CT molecular complexity index is 651. The van der Waals surface area contributed by atoms with Crippen molar-refractivity contribution in [3.05, 3.63) is 42.5 Å². The van der Waals surface area contributed by atoms with Gasteiger partial charge in [-0.2, -0.15) is 0 Å². The zero-order valence-electron chi connectivity index (χ0n) is 14.7. The molecule has 0 radical (unpaired) electrons. The summed E-state index contributed by atoms with van der Waals surface area (Å²) in [5.74, 6) is -0.289. The Hall–Kier alpha value is -2.86. The SMILES string of the molecule is CC1CCC(NCCO)CC1.O=[N+]([O-])c1cc([N+](=O)[O-])c(O)c([N+](=O)[O-])c1. The normalized spacial score (nSPS) is 18.9. The van der Waals surface area contributed by atoms with Crippen molar-refractivity contribution in [1.82, 2.24) is 5.32 Å². The van der Waals surface area contributed by atoms with E-state index in [-0.39, 0.29) is 6.61 Å². The standard InChI is InChI=1S/C9H19NO.C6H3N3O7/c1-8-2-4-9(5-3-8)10-6-7-11;10-6-4(8(13)14)1-3(7(11)12)2-5(6)9(15)16/h8-11H,2-7H2,1H3;1-2,10H. The van der Waals surface area contributed by atoms with Gasteiger partial charge in [0.1, 0.15) is 0 Å². The zero-order chi connectivity index (χ0) is 20.6. The molecular weight excluding hydrogens is 364 g/mol. The molecule has 12 heteroatoms. The van der Waals surface area contributed by atoms with E-state index in [1.807, 2.05) is 0 Å². The molecule has 1 aliphatic rings. The van der Waals surface area contributed by atoms with Crippen LogP contribution < -0.4 is 5.32 Å². The number of aliphatic hydroxyl groups excluding tert-OH is 1. The molecule has 0 bridgehead atoms. The molecule has 2 rings (SSSR count). The van der Waals surface area contributed by atoms with E-state index < -0.39 is 37.6 Å². The van der Waals surface area contributed by atoms with E-state index in [1.165, 1.54) is 25.7 Å². The number of hydrogen-bond acceptors (Lipinski definition) is 9. The topological polar surface area (TPSA) is 182 Å². The van der Waals surface area contributed by atoms with Gasteiger partial charge in [0.25, 0.3) is 11.4 Å². The lowest BCUT2D eigenvalue weighted by Gasteiger charge is -2.26. The number of phenolic OH excluding ortho intramolecular Hbond substituents is 1. The van der Waals surface area contributed by atoms with Crippen LogP contribution in [0.1, 0.15) is 32.6 Å². The molecule has 150 valence electrons. The van der Waals surface area contributed by atoms with Crippen molar-refractivity contribution < 1.29 is 25.0 Å². The summed E-state index contributed by atoms with van der Waals surface area (Å²) >= 11 is 0. The quantitative estimate of drug-likeness (QED) is 0.487. The minimum Gasteiger partial charge on any atom is -0.497 e. The number of aromatic hydroxyl groups is 1. The summed E-state index contributed by atoms with van der Waals surface area (Å²) in [5, 5.41) is 52.1. The molecule has 0 amide bonds. The predicted molar refractivity (Wildman–Crippen MR) is 94.6 cm³/mol. The molecule has 0 saturated heterocycles. The van der Waals surface area contributed by atoms with Crippen LogP contribution in [-0.2, 0) is 0 Å². The minimum atomic E-state index is -1.21. The number of rotatable bonds is 6. The molecule has 0 aromatic heterocycles. The van der Waals surface area contributed by atoms with Gasteiger partial charge in [0.2, 0.25) is 0 Å². The number of nitrogens with one attached hydrogen (secondary N) is 1. The van der Waals surface area contributed by atoms with Crippen molar-refractivity contribution in [1.29, 1.82) is 0 Å². The lowest BCUT2D eigenvalue weighted by molar-refractivity contribution is -0.404. The van der Waals surface area contributed by atoms with Gasteiger partial charge in [0, 0.05) is 12.6 Å². The summed E-state index contributed by atoms with van der Waals surface area (Å²) in [7, 11) is 0. The number of phenols is 1. The van der Waals surface area contributed by atoms with Gasteiger partial charge < -0.3 is 15.5 Å². The molecule has 1 fully saturated rings. The summed E-state index contributed by atoms with van der Waals surface area (Å²) < 4.78 is 0. The maximum Gasteiger partial charge on any atom is 0.324 e. The zero-order valence-corrected chi connectivity index (χ0v) is 14.7. The molecule has 1 aromatic carbocycles. The van der Waals surface area contributed by atoms with Gasteiger partial charge in [-0.1, -0.05) is 6.92 Å². The number of aliphatic hydroxyl groups is 1. The van der Waals surface area contributed by atoms with Crippen molar-refractivity contribution in [2.24, 2.45) is 5.92 Å². The molecule has 3 N–H and O–H groups in total. The van der Waals surface area contributed by atoms with E-state index in [9.17, 15) is 30.3 Å². The molecule has 1 aromatic rings. The lowest BCUT2D eigenvalue weighted by atomic mass is 9.87. The Morgan fingerprint density at radius 1 is 1.00 bits per heavy atom. The summed E-state index contributed by atoms with van der Waals surface area (Å²) in [5.41, 5.74) is -3.00. The van der Waals surface area contributed by atoms with Crippen molar-refractivity contribution >= 4 is 17.1 Å². The van der Waals surface area contributed by atoms with Crippen molar-refractivity contribution in [2.45, 2.75) is 38.6 Å². The van der Waals surface area contributed by atoms with Gasteiger partial charge in [-0.25, -0.2) is 0 Å². The van der Waals surface area contributed by atoms with Gasteiger partial charge in [-0.15, -0.1) is 0 Å². The van der Waals surface area contributed by atoms with Crippen molar-refractivity contribution in [3.8, 4) is 5.75 Å². The summed E-state index contributed by atoms with van der Waals surface area (Å²) in [4.78, 5) is 27.8. The first-order valence-corrected chi connectivity index (χ1v) is 8.31. The molecule has 0 heterocycles. The second-order valence-corrected chi connectivity index (χ2v) is 6.24. The average Bonchev–Trinajstić information content (AvgIpc) is 2.61. The molecule has 1 aliphatic carbocycles. The molecule has 12 nitrogen and oxygen atoms in total. The van der Waals surface area contributed by atoms with Crippen LogP contribution in [0.5, 0.6) is 5.75 Å². The highest BCUT2D eigenvalue weighted by Crippen LogP contribution is 2.38. The first-order valence-electron chi connectivity index (χ1n) is 8.31. The summed E-state index contributed by atoms with van der Waals surface area (Å²) in [6.45, 7) is 3.35. The number of nitro groups is 3. The second-order valence-electron chi connectivity index (χ2n) is 6.24. The second kappa shape index (κ2) is 10.3. The van der Waals surface area contributed by atoms with Crippen molar-refractivity contribution in [3.63, 3.8) is 0 Å². The van der Waals surface area contributed by atoms with Crippen LogP contribution in [0.2, 0.25) is 0 Å². The molecule has 0 unspecified atom stereocenters. The molecule has 1 saturated carbocycles.